The van der Waals surface area contributed by atoms with Crippen LogP contribution in [0.5, 0.6) is 0 Å². The van der Waals surface area contributed by atoms with Gasteiger partial charge in [0.25, 0.3) is 5.56 Å². The molecule has 142 valence electrons. The average Bonchev–Trinajstić information content (AvgIpc) is 3.06. The second kappa shape index (κ2) is 7.73. The van der Waals surface area contributed by atoms with Crippen LogP contribution in [0.3, 0.4) is 0 Å². The number of rotatable bonds is 1. The maximum atomic E-state index is 11.8. The van der Waals surface area contributed by atoms with Crippen molar-refractivity contribution in [2.45, 2.75) is 38.9 Å². The minimum atomic E-state index is -4.21. The Labute approximate surface area is 153 Å². The molecule has 27 heavy (non-hydrogen) atoms. The quantitative estimate of drug-likeness (QED) is 0.705. The fourth-order valence-electron chi connectivity index (χ4n) is 2.84. The van der Waals surface area contributed by atoms with Crippen LogP contribution in [0.15, 0.2) is 41.2 Å². The van der Waals surface area contributed by atoms with Crippen LogP contribution in [0.4, 0.5) is 13.2 Å². The first-order valence-corrected chi connectivity index (χ1v) is 8.47. The lowest BCUT2D eigenvalue weighted by Gasteiger charge is -2.12. The highest BCUT2D eigenvalue weighted by molar-refractivity contribution is 5.56. The minimum absolute atomic E-state index is 0.148. The Morgan fingerprint density at radius 2 is 1.89 bits per heavy atom. The molecule has 3 aromatic rings. The van der Waals surface area contributed by atoms with E-state index in [1.807, 2.05) is 4.68 Å². The Balaban J connectivity index is 0.000000180. The zero-order valence-corrected chi connectivity index (χ0v) is 14.6. The van der Waals surface area contributed by atoms with Gasteiger partial charge in [-0.05, 0) is 26.2 Å². The maximum absolute atomic E-state index is 11.8. The summed E-state index contributed by atoms with van der Waals surface area (Å²) >= 11 is 0. The number of halogens is 3. The number of fused-ring (bicyclic) bond motifs is 1. The molecular formula is C18H18F3N5O. The SMILES string of the molecule is Cc1nc(-c2nnn3c2CCCC3)cc(=O)[nH]1.FC(F)(F)c1ccccc1. The van der Waals surface area contributed by atoms with Gasteiger partial charge in [0.1, 0.15) is 17.2 Å². The van der Waals surface area contributed by atoms with Gasteiger partial charge in [0.2, 0.25) is 0 Å². The Kier molecular flexibility index (Phi) is 5.38. The molecule has 3 heterocycles. The van der Waals surface area contributed by atoms with Gasteiger partial charge in [-0.25, -0.2) is 9.67 Å². The van der Waals surface area contributed by atoms with Gasteiger partial charge in [0.05, 0.1) is 11.3 Å². The standard InChI is InChI=1S/C11H13N5O.C7H5F3/c1-7-12-8(6-10(17)13-7)11-9-4-2-3-5-16(9)15-14-11;8-7(9,10)6-4-2-1-3-5-6/h6H,2-5H2,1H3,(H,12,13,17);1-5H. The van der Waals surface area contributed by atoms with Crippen LogP contribution in [-0.2, 0) is 19.1 Å². The third-order valence-electron chi connectivity index (χ3n) is 4.07. The van der Waals surface area contributed by atoms with Gasteiger partial charge in [-0.1, -0.05) is 35.5 Å². The van der Waals surface area contributed by atoms with Gasteiger partial charge < -0.3 is 4.98 Å². The van der Waals surface area contributed by atoms with Gasteiger partial charge in [0.15, 0.2) is 0 Å². The van der Waals surface area contributed by atoms with E-state index in [0.29, 0.717) is 11.5 Å². The molecule has 1 N–H and O–H groups in total. The summed E-state index contributed by atoms with van der Waals surface area (Å²) in [4.78, 5) is 18.4. The summed E-state index contributed by atoms with van der Waals surface area (Å²) in [5.41, 5.74) is 1.71. The van der Waals surface area contributed by atoms with Crippen LogP contribution < -0.4 is 5.56 Å². The lowest BCUT2D eigenvalue weighted by atomic mass is 10.1. The van der Waals surface area contributed by atoms with E-state index >= 15 is 0 Å². The Bertz CT molecular complexity index is 963. The lowest BCUT2D eigenvalue weighted by molar-refractivity contribution is -0.137. The Morgan fingerprint density at radius 3 is 2.52 bits per heavy atom. The van der Waals surface area contributed by atoms with E-state index in [4.69, 9.17) is 0 Å². The molecule has 0 aliphatic carbocycles. The van der Waals surface area contributed by atoms with Gasteiger partial charge in [-0.2, -0.15) is 13.2 Å². The molecule has 0 radical (unpaired) electrons. The summed E-state index contributed by atoms with van der Waals surface area (Å²) in [6.45, 7) is 2.67. The Morgan fingerprint density at radius 1 is 1.15 bits per heavy atom. The molecule has 0 fully saturated rings. The molecule has 1 aliphatic heterocycles. The monoisotopic (exact) mass is 377 g/mol. The summed E-state index contributed by atoms with van der Waals surface area (Å²) < 4.78 is 37.3. The number of H-pyrrole nitrogens is 1. The fraction of sp³-hybridized carbons (Fsp3) is 0.333. The molecule has 9 heteroatoms. The molecule has 0 spiro atoms. The fourth-order valence-corrected chi connectivity index (χ4v) is 2.84. The second-order valence-electron chi connectivity index (χ2n) is 6.14. The van der Waals surface area contributed by atoms with Crippen LogP contribution in [0.2, 0.25) is 0 Å². The summed E-state index contributed by atoms with van der Waals surface area (Å²) in [6.07, 6.45) is -0.975. The van der Waals surface area contributed by atoms with Crippen molar-refractivity contribution in [3.63, 3.8) is 0 Å². The van der Waals surface area contributed by atoms with Gasteiger partial charge >= 0.3 is 6.18 Å². The summed E-state index contributed by atoms with van der Waals surface area (Å²) in [6, 6.07) is 7.84. The molecule has 0 bridgehead atoms. The largest absolute Gasteiger partial charge is 0.416 e. The van der Waals surface area contributed by atoms with E-state index in [2.05, 4.69) is 20.3 Å². The number of benzene rings is 1. The maximum Gasteiger partial charge on any atom is 0.416 e. The zero-order chi connectivity index (χ0) is 19.4. The highest BCUT2D eigenvalue weighted by Gasteiger charge is 2.29. The predicted octanol–water partition coefficient (Wildman–Crippen LogP) is 3.38. The summed E-state index contributed by atoms with van der Waals surface area (Å²) in [5.74, 6) is 0.602. The van der Waals surface area contributed by atoms with Crippen LogP contribution in [0.25, 0.3) is 11.4 Å². The van der Waals surface area contributed by atoms with Crippen LogP contribution in [-0.4, -0.2) is 25.0 Å². The number of aryl methyl sites for hydroxylation is 2. The first-order chi connectivity index (χ1) is 12.8. The summed E-state index contributed by atoms with van der Waals surface area (Å²) in [7, 11) is 0. The third kappa shape index (κ3) is 4.60. The van der Waals surface area contributed by atoms with Gasteiger partial charge in [-0.15, -0.1) is 5.10 Å². The molecule has 1 aliphatic rings. The highest BCUT2D eigenvalue weighted by Crippen LogP contribution is 2.28. The molecule has 6 nitrogen and oxygen atoms in total. The van der Waals surface area contributed by atoms with E-state index in [1.165, 1.54) is 18.2 Å². The molecule has 0 amide bonds. The molecule has 0 saturated carbocycles. The number of aromatic nitrogens is 5. The summed E-state index contributed by atoms with van der Waals surface area (Å²) in [5, 5.41) is 8.25. The van der Waals surface area contributed by atoms with Crippen molar-refractivity contribution < 1.29 is 13.2 Å². The first-order valence-electron chi connectivity index (χ1n) is 8.47. The Hall–Kier alpha value is -2.97. The smallest absolute Gasteiger partial charge is 0.311 e. The second-order valence-corrected chi connectivity index (χ2v) is 6.14. The van der Waals surface area contributed by atoms with Crippen molar-refractivity contribution in [3.8, 4) is 11.4 Å². The van der Waals surface area contributed by atoms with E-state index in [9.17, 15) is 18.0 Å². The van der Waals surface area contributed by atoms with Crippen LogP contribution in [0, 0.1) is 6.92 Å². The van der Waals surface area contributed by atoms with Crippen molar-refractivity contribution in [1.29, 1.82) is 0 Å². The molecule has 2 aromatic heterocycles. The predicted molar refractivity (Wildman–Crippen MR) is 93.0 cm³/mol. The lowest BCUT2D eigenvalue weighted by Crippen LogP contribution is -2.12. The third-order valence-corrected chi connectivity index (χ3v) is 4.07. The van der Waals surface area contributed by atoms with E-state index in [-0.39, 0.29) is 5.56 Å². The van der Waals surface area contributed by atoms with Gasteiger partial charge in [-0.3, -0.25) is 4.79 Å². The molecule has 0 saturated heterocycles. The topological polar surface area (TPSA) is 76.5 Å². The molecule has 4 rings (SSSR count). The van der Waals surface area contributed by atoms with E-state index in [1.54, 1.807) is 13.0 Å². The van der Waals surface area contributed by atoms with Crippen molar-refractivity contribution >= 4 is 0 Å². The van der Waals surface area contributed by atoms with Crippen molar-refractivity contribution in [1.82, 2.24) is 25.0 Å². The normalized spacial score (nSPS) is 13.5. The van der Waals surface area contributed by atoms with E-state index < -0.39 is 11.7 Å². The van der Waals surface area contributed by atoms with Crippen LogP contribution in [0.1, 0.15) is 29.9 Å². The number of aromatic amines is 1. The first kappa shape index (κ1) is 18.8. The zero-order valence-electron chi connectivity index (χ0n) is 14.6. The van der Waals surface area contributed by atoms with Crippen LogP contribution >= 0.6 is 0 Å². The van der Waals surface area contributed by atoms with Gasteiger partial charge in [0, 0.05) is 12.6 Å². The number of alkyl halides is 3. The van der Waals surface area contributed by atoms with Crippen molar-refractivity contribution in [2.75, 3.05) is 0 Å². The number of nitrogens with one attached hydrogen (secondary N) is 1. The number of hydrogen-bond donors (Lipinski definition) is 1. The number of nitrogens with zero attached hydrogens (tertiary/aromatic N) is 4. The highest BCUT2D eigenvalue weighted by atomic mass is 19.4. The number of hydrogen-bond acceptors (Lipinski definition) is 4. The van der Waals surface area contributed by atoms with Crippen molar-refractivity contribution in [3.05, 3.63) is 63.8 Å². The van der Waals surface area contributed by atoms with E-state index in [0.717, 1.165) is 49.3 Å². The molecule has 0 unspecified atom stereocenters. The molecule has 1 aromatic carbocycles. The molecular weight excluding hydrogens is 359 g/mol. The van der Waals surface area contributed by atoms with Crippen molar-refractivity contribution in [2.24, 2.45) is 0 Å². The average molecular weight is 377 g/mol. The molecule has 0 atom stereocenters. The minimum Gasteiger partial charge on any atom is -0.311 e.